The van der Waals surface area contributed by atoms with Crippen molar-refractivity contribution in [3.8, 4) is 11.5 Å². The summed E-state index contributed by atoms with van der Waals surface area (Å²) in [4.78, 5) is 11.3. The third kappa shape index (κ3) is 5.57. The minimum atomic E-state index is -1.10. The van der Waals surface area contributed by atoms with Gasteiger partial charge in [-0.05, 0) is 42.5 Å². The van der Waals surface area contributed by atoms with Crippen molar-refractivity contribution in [3.05, 3.63) is 84.8 Å². The van der Waals surface area contributed by atoms with Gasteiger partial charge in [0.15, 0.2) is 11.5 Å². The second kappa shape index (κ2) is 10.5. The molecule has 0 unspecified atom stereocenters. The molecule has 0 atom stereocenters. The van der Waals surface area contributed by atoms with Gasteiger partial charge in [0.05, 0.1) is 17.7 Å². The van der Waals surface area contributed by atoms with Crippen molar-refractivity contribution in [2.45, 2.75) is 13.2 Å². The second-order valence-electron chi connectivity index (χ2n) is 6.40. The maximum atomic E-state index is 11.3. The molecule has 0 amide bonds. The van der Waals surface area contributed by atoms with Gasteiger partial charge in [-0.2, -0.15) is 0 Å². The Hall–Kier alpha value is -2.12. The average Bonchev–Trinajstić information content (AvgIpc) is 2.73. The minimum absolute atomic E-state index is 0.0150. The number of rotatable bonds is 8. The van der Waals surface area contributed by atoms with Gasteiger partial charge in [0.1, 0.15) is 6.61 Å². The van der Waals surface area contributed by atoms with Gasteiger partial charge >= 0.3 is 5.97 Å². The zero-order valence-corrected chi connectivity index (χ0v) is 20.1. The molecule has 0 heterocycles. The van der Waals surface area contributed by atoms with Crippen LogP contribution in [0.3, 0.4) is 0 Å². The standard InChI is InChI=1S/C22H17BrCl3NO4/c1-30-20-8-6-16(23)14(10-27-12-5-7-19(26)13(9-12)22(28)29)21(20)31-11-15-17(24)3-2-4-18(15)25/h2-9,27H,10-11H2,1H3,(H,28,29). The van der Waals surface area contributed by atoms with E-state index in [0.29, 0.717) is 39.3 Å². The molecule has 9 heteroatoms. The first-order valence-corrected chi connectivity index (χ1v) is 10.9. The van der Waals surface area contributed by atoms with E-state index in [4.69, 9.17) is 44.3 Å². The smallest absolute Gasteiger partial charge is 0.337 e. The van der Waals surface area contributed by atoms with Crippen molar-refractivity contribution >= 4 is 62.4 Å². The van der Waals surface area contributed by atoms with E-state index >= 15 is 0 Å². The Balaban J connectivity index is 1.88. The van der Waals surface area contributed by atoms with Gasteiger partial charge in [0.25, 0.3) is 0 Å². The third-order valence-electron chi connectivity index (χ3n) is 4.48. The van der Waals surface area contributed by atoms with Crippen LogP contribution in [0.1, 0.15) is 21.5 Å². The molecule has 0 bridgehead atoms. The number of aromatic carboxylic acids is 1. The van der Waals surface area contributed by atoms with Crippen LogP contribution in [0.25, 0.3) is 0 Å². The van der Waals surface area contributed by atoms with Gasteiger partial charge < -0.3 is 19.9 Å². The number of hydrogen-bond donors (Lipinski definition) is 2. The number of anilines is 1. The van der Waals surface area contributed by atoms with Crippen LogP contribution >= 0.6 is 50.7 Å². The van der Waals surface area contributed by atoms with Gasteiger partial charge in [-0.3, -0.25) is 0 Å². The Kier molecular flexibility index (Phi) is 7.94. The lowest BCUT2D eigenvalue weighted by Gasteiger charge is -2.18. The van der Waals surface area contributed by atoms with E-state index in [1.807, 2.05) is 6.07 Å². The number of carboxylic acids is 1. The van der Waals surface area contributed by atoms with Crippen molar-refractivity contribution in [1.29, 1.82) is 0 Å². The van der Waals surface area contributed by atoms with Crippen LogP contribution in [0.5, 0.6) is 11.5 Å². The Morgan fingerprint density at radius 3 is 2.39 bits per heavy atom. The van der Waals surface area contributed by atoms with E-state index in [9.17, 15) is 9.90 Å². The molecule has 3 rings (SSSR count). The van der Waals surface area contributed by atoms with E-state index in [1.54, 1.807) is 37.4 Å². The molecule has 3 aromatic carbocycles. The van der Waals surface area contributed by atoms with E-state index in [1.165, 1.54) is 12.1 Å². The van der Waals surface area contributed by atoms with Crippen LogP contribution in [0.4, 0.5) is 5.69 Å². The molecule has 0 aromatic heterocycles. The predicted octanol–water partition coefficient (Wildman–Crippen LogP) is 7.31. The number of ether oxygens (including phenoxy) is 2. The molecule has 3 aromatic rings. The van der Waals surface area contributed by atoms with Crippen molar-refractivity contribution in [2.75, 3.05) is 12.4 Å². The maximum Gasteiger partial charge on any atom is 0.337 e. The zero-order valence-electron chi connectivity index (χ0n) is 16.2. The molecule has 0 aliphatic rings. The zero-order chi connectivity index (χ0) is 22.5. The molecule has 2 N–H and O–H groups in total. The van der Waals surface area contributed by atoms with Crippen molar-refractivity contribution < 1.29 is 19.4 Å². The van der Waals surface area contributed by atoms with Crippen molar-refractivity contribution in [3.63, 3.8) is 0 Å². The SMILES string of the molecule is COc1ccc(Br)c(CNc2ccc(Cl)c(C(=O)O)c2)c1OCc1c(Cl)cccc1Cl. The number of hydrogen-bond acceptors (Lipinski definition) is 4. The third-order valence-corrected chi connectivity index (χ3v) is 6.26. The molecule has 31 heavy (non-hydrogen) atoms. The lowest BCUT2D eigenvalue weighted by Crippen LogP contribution is -2.07. The highest BCUT2D eigenvalue weighted by atomic mass is 79.9. The fourth-order valence-electron chi connectivity index (χ4n) is 2.87. The quantitative estimate of drug-likeness (QED) is 0.311. The molecule has 0 saturated heterocycles. The lowest BCUT2D eigenvalue weighted by molar-refractivity contribution is 0.0697. The summed E-state index contributed by atoms with van der Waals surface area (Å²) in [6.07, 6.45) is 0. The molecule has 0 spiro atoms. The Morgan fingerprint density at radius 2 is 1.74 bits per heavy atom. The average molecular weight is 546 g/mol. The number of methoxy groups -OCH3 is 1. The molecule has 0 aliphatic heterocycles. The number of nitrogens with one attached hydrogen (secondary N) is 1. The molecule has 0 fully saturated rings. The monoisotopic (exact) mass is 543 g/mol. The van der Waals surface area contributed by atoms with E-state index in [2.05, 4.69) is 21.2 Å². The summed E-state index contributed by atoms with van der Waals surface area (Å²) in [5.74, 6) is -0.0601. The Labute approximate surface area is 203 Å². The van der Waals surface area contributed by atoms with E-state index < -0.39 is 5.97 Å². The first-order chi connectivity index (χ1) is 14.8. The van der Waals surface area contributed by atoms with E-state index in [0.717, 1.165) is 10.0 Å². The Bertz CT molecular complexity index is 1100. The molecule has 0 radical (unpaired) electrons. The number of carboxylic acid groups (broad SMARTS) is 1. The van der Waals surface area contributed by atoms with Gasteiger partial charge in [-0.25, -0.2) is 4.79 Å². The van der Waals surface area contributed by atoms with Crippen molar-refractivity contribution in [2.24, 2.45) is 0 Å². The molecule has 5 nitrogen and oxygen atoms in total. The first-order valence-electron chi connectivity index (χ1n) is 8.99. The number of carbonyl (C=O) groups is 1. The van der Waals surface area contributed by atoms with Crippen LogP contribution in [0, 0.1) is 0 Å². The predicted molar refractivity (Wildman–Crippen MR) is 127 cm³/mol. The van der Waals surface area contributed by atoms with Crippen LogP contribution in [0.2, 0.25) is 15.1 Å². The summed E-state index contributed by atoms with van der Waals surface area (Å²) in [6.45, 7) is 0.465. The van der Waals surface area contributed by atoms with Crippen LogP contribution < -0.4 is 14.8 Å². The molecule has 0 aliphatic carbocycles. The molecular weight excluding hydrogens is 529 g/mol. The summed E-state index contributed by atoms with van der Waals surface area (Å²) in [7, 11) is 1.55. The summed E-state index contributed by atoms with van der Waals surface area (Å²) in [5, 5.41) is 13.6. The largest absolute Gasteiger partial charge is 0.493 e. The second-order valence-corrected chi connectivity index (χ2v) is 8.48. The normalized spacial score (nSPS) is 10.6. The van der Waals surface area contributed by atoms with Gasteiger partial charge in [-0.15, -0.1) is 0 Å². The van der Waals surface area contributed by atoms with Gasteiger partial charge in [0, 0.05) is 37.9 Å². The fraction of sp³-hybridized carbons (Fsp3) is 0.136. The highest BCUT2D eigenvalue weighted by Gasteiger charge is 2.17. The lowest BCUT2D eigenvalue weighted by atomic mass is 10.1. The highest BCUT2D eigenvalue weighted by Crippen LogP contribution is 2.38. The Morgan fingerprint density at radius 1 is 1.03 bits per heavy atom. The van der Waals surface area contributed by atoms with E-state index in [-0.39, 0.29) is 17.2 Å². The summed E-state index contributed by atoms with van der Waals surface area (Å²) >= 11 is 22.0. The topological polar surface area (TPSA) is 67.8 Å². The van der Waals surface area contributed by atoms with Gasteiger partial charge in [0.2, 0.25) is 0 Å². The molecule has 0 saturated carbocycles. The number of benzene rings is 3. The van der Waals surface area contributed by atoms with Crippen LogP contribution in [-0.4, -0.2) is 18.2 Å². The molecular formula is C22H17BrCl3NO4. The van der Waals surface area contributed by atoms with Crippen LogP contribution in [-0.2, 0) is 13.2 Å². The molecule has 162 valence electrons. The first kappa shape index (κ1) is 23.5. The highest BCUT2D eigenvalue weighted by molar-refractivity contribution is 9.10. The minimum Gasteiger partial charge on any atom is -0.493 e. The summed E-state index contributed by atoms with van der Waals surface area (Å²) in [5.41, 5.74) is 2.04. The fourth-order valence-corrected chi connectivity index (χ4v) is 4.03. The number of halogens is 4. The van der Waals surface area contributed by atoms with Gasteiger partial charge in [-0.1, -0.05) is 56.8 Å². The summed E-state index contributed by atoms with van der Waals surface area (Å²) in [6, 6.07) is 13.6. The summed E-state index contributed by atoms with van der Waals surface area (Å²) < 4.78 is 12.3. The van der Waals surface area contributed by atoms with Crippen LogP contribution in [0.15, 0.2) is 53.0 Å². The van der Waals surface area contributed by atoms with Crippen molar-refractivity contribution in [1.82, 2.24) is 0 Å². The maximum absolute atomic E-state index is 11.3.